The Morgan fingerprint density at radius 2 is 1.75 bits per heavy atom. The number of ether oxygens (including phenoxy) is 2. The molecule has 1 aliphatic heterocycles. The number of halogens is 1. The lowest BCUT2D eigenvalue weighted by atomic mass is 10.0. The van der Waals surface area contributed by atoms with Gasteiger partial charge in [-0.15, -0.1) is 12.4 Å². The average molecular weight is 253 g/mol. The Kier molecular flexibility index (Phi) is 8.56. The van der Waals surface area contributed by atoms with Gasteiger partial charge in [0.1, 0.15) is 0 Å². The Hall–Kier alpha value is -0.360. The second kappa shape index (κ2) is 8.75. The van der Waals surface area contributed by atoms with E-state index >= 15 is 0 Å². The number of carbonyl (C=O) groups excluding carboxylic acids is 1. The van der Waals surface area contributed by atoms with E-state index in [9.17, 15) is 4.79 Å². The molecule has 0 unspecified atom stereocenters. The van der Waals surface area contributed by atoms with Gasteiger partial charge < -0.3 is 19.7 Å². The van der Waals surface area contributed by atoms with Crippen molar-refractivity contribution in [1.29, 1.82) is 0 Å². The molecule has 1 amide bonds. The van der Waals surface area contributed by atoms with Gasteiger partial charge >= 0.3 is 0 Å². The first-order valence-electron chi connectivity index (χ1n) is 5.27. The molecule has 1 fully saturated rings. The molecule has 1 rings (SSSR count). The maximum Gasteiger partial charge on any atom is 0.228 e. The van der Waals surface area contributed by atoms with Crippen LogP contribution in [0.5, 0.6) is 0 Å². The molecule has 0 bridgehead atoms. The number of rotatable bonds is 7. The first kappa shape index (κ1) is 15.6. The van der Waals surface area contributed by atoms with E-state index in [0.29, 0.717) is 26.3 Å². The van der Waals surface area contributed by atoms with Gasteiger partial charge in [-0.1, -0.05) is 0 Å². The van der Waals surface area contributed by atoms with Gasteiger partial charge in [0.25, 0.3) is 0 Å². The van der Waals surface area contributed by atoms with Crippen molar-refractivity contribution in [3.8, 4) is 0 Å². The van der Waals surface area contributed by atoms with E-state index in [1.165, 1.54) is 0 Å². The molecule has 0 aromatic carbocycles. The van der Waals surface area contributed by atoms with Gasteiger partial charge in [-0.05, 0) is 0 Å². The Balaban J connectivity index is 0.00000225. The minimum Gasteiger partial charge on any atom is -0.383 e. The van der Waals surface area contributed by atoms with Crippen LogP contribution in [0.4, 0.5) is 0 Å². The molecule has 0 spiro atoms. The summed E-state index contributed by atoms with van der Waals surface area (Å²) in [6.07, 6.45) is 0. The third kappa shape index (κ3) is 4.65. The highest BCUT2D eigenvalue weighted by molar-refractivity contribution is 5.85. The lowest BCUT2D eigenvalue weighted by Gasteiger charge is -2.32. The Morgan fingerprint density at radius 1 is 1.25 bits per heavy atom. The molecular weight excluding hydrogens is 232 g/mol. The largest absolute Gasteiger partial charge is 0.383 e. The van der Waals surface area contributed by atoms with Crippen molar-refractivity contribution in [2.45, 2.75) is 0 Å². The molecule has 0 atom stereocenters. The number of hydrogen-bond acceptors (Lipinski definition) is 4. The van der Waals surface area contributed by atoms with Gasteiger partial charge in [-0.25, -0.2) is 0 Å². The van der Waals surface area contributed by atoms with Crippen LogP contribution in [0.3, 0.4) is 0 Å². The van der Waals surface area contributed by atoms with E-state index in [1.54, 1.807) is 14.2 Å². The number of amides is 1. The summed E-state index contributed by atoms with van der Waals surface area (Å²) in [5, 5.41) is 3.10. The summed E-state index contributed by atoms with van der Waals surface area (Å²) in [7, 11) is 3.29. The number of nitrogens with zero attached hydrogens (tertiary/aromatic N) is 1. The highest BCUT2D eigenvalue weighted by atomic mass is 35.5. The van der Waals surface area contributed by atoms with Gasteiger partial charge in [0.15, 0.2) is 0 Å². The monoisotopic (exact) mass is 252 g/mol. The fraction of sp³-hybridized carbons (Fsp3) is 0.900. The quantitative estimate of drug-likeness (QED) is 0.679. The number of nitrogens with one attached hydrogen (secondary N) is 1. The van der Waals surface area contributed by atoms with Gasteiger partial charge in [-0.3, -0.25) is 4.79 Å². The molecule has 0 aromatic heterocycles. The zero-order valence-electron chi connectivity index (χ0n) is 9.90. The van der Waals surface area contributed by atoms with Crippen LogP contribution in [-0.2, 0) is 14.3 Å². The Bertz CT molecular complexity index is 193. The highest BCUT2D eigenvalue weighted by Crippen LogP contribution is 2.08. The zero-order valence-corrected chi connectivity index (χ0v) is 10.7. The number of carbonyl (C=O) groups is 1. The molecule has 96 valence electrons. The van der Waals surface area contributed by atoms with E-state index in [-0.39, 0.29) is 24.2 Å². The summed E-state index contributed by atoms with van der Waals surface area (Å²) in [6.45, 7) is 4.06. The lowest BCUT2D eigenvalue weighted by Crippen LogP contribution is -2.53. The van der Waals surface area contributed by atoms with Crippen molar-refractivity contribution in [3.63, 3.8) is 0 Å². The smallest absolute Gasteiger partial charge is 0.228 e. The van der Waals surface area contributed by atoms with Crippen LogP contribution in [0, 0.1) is 5.92 Å². The molecule has 1 aliphatic rings. The molecule has 5 nitrogen and oxygen atoms in total. The fourth-order valence-electron chi connectivity index (χ4n) is 1.46. The maximum atomic E-state index is 11.9. The third-order valence-corrected chi connectivity index (χ3v) is 2.57. The summed E-state index contributed by atoms with van der Waals surface area (Å²) in [5.41, 5.74) is 0. The van der Waals surface area contributed by atoms with E-state index in [2.05, 4.69) is 5.32 Å². The molecule has 1 N–H and O–H groups in total. The summed E-state index contributed by atoms with van der Waals surface area (Å²) >= 11 is 0. The average Bonchev–Trinajstić information content (AvgIpc) is 2.15. The standard InChI is InChI=1S/C10H20N2O3.ClH/c1-14-5-3-12(4-6-15-2)10(13)9-7-11-8-9;/h9,11H,3-8H2,1-2H3;1H. The molecule has 1 heterocycles. The zero-order chi connectivity index (χ0) is 11.1. The summed E-state index contributed by atoms with van der Waals surface area (Å²) < 4.78 is 9.97. The minimum absolute atomic E-state index is 0. The van der Waals surface area contributed by atoms with Crippen LogP contribution in [0.25, 0.3) is 0 Å². The van der Waals surface area contributed by atoms with Crippen molar-refractivity contribution in [1.82, 2.24) is 10.2 Å². The summed E-state index contributed by atoms with van der Waals surface area (Å²) in [4.78, 5) is 13.7. The van der Waals surface area contributed by atoms with Crippen molar-refractivity contribution < 1.29 is 14.3 Å². The second-order valence-corrected chi connectivity index (χ2v) is 3.67. The van der Waals surface area contributed by atoms with Gasteiger partial charge in [0, 0.05) is 40.4 Å². The topological polar surface area (TPSA) is 50.8 Å². The van der Waals surface area contributed by atoms with E-state index < -0.39 is 0 Å². The minimum atomic E-state index is 0. The highest BCUT2D eigenvalue weighted by Gasteiger charge is 2.28. The van der Waals surface area contributed by atoms with Gasteiger partial charge in [0.05, 0.1) is 19.1 Å². The molecule has 0 aromatic rings. The van der Waals surface area contributed by atoms with Crippen molar-refractivity contribution in [2.75, 3.05) is 53.6 Å². The first-order chi connectivity index (χ1) is 7.29. The fourth-order valence-corrected chi connectivity index (χ4v) is 1.46. The summed E-state index contributed by atoms with van der Waals surface area (Å²) in [6, 6.07) is 0. The Labute approximate surface area is 103 Å². The normalized spacial score (nSPS) is 15.1. The van der Waals surface area contributed by atoms with Crippen LogP contribution >= 0.6 is 12.4 Å². The van der Waals surface area contributed by atoms with E-state index in [4.69, 9.17) is 9.47 Å². The van der Waals surface area contributed by atoms with Crippen LogP contribution in [-0.4, -0.2) is 64.4 Å². The van der Waals surface area contributed by atoms with E-state index in [0.717, 1.165) is 13.1 Å². The molecule has 16 heavy (non-hydrogen) atoms. The van der Waals surface area contributed by atoms with Crippen LogP contribution in [0.1, 0.15) is 0 Å². The van der Waals surface area contributed by atoms with Crippen molar-refractivity contribution in [2.24, 2.45) is 5.92 Å². The maximum absolute atomic E-state index is 11.9. The molecule has 0 radical (unpaired) electrons. The Morgan fingerprint density at radius 3 is 2.06 bits per heavy atom. The van der Waals surface area contributed by atoms with Crippen LogP contribution in [0.15, 0.2) is 0 Å². The lowest BCUT2D eigenvalue weighted by molar-refractivity contribution is -0.138. The third-order valence-electron chi connectivity index (χ3n) is 2.57. The van der Waals surface area contributed by atoms with Gasteiger partial charge in [0.2, 0.25) is 5.91 Å². The number of methoxy groups -OCH3 is 2. The second-order valence-electron chi connectivity index (χ2n) is 3.67. The van der Waals surface area contributed by atoms with Crippen LogP contribution < -0.4 is 5.32 Å². The predicted octanol–water partition coefficient (Wildman–Crippen LogP) is -0.251. The molecule has 1 saturated heterocycles. The van der Waals surface area contributed by atoms with Crippen molar-refractivity contribution >= 4 is 18.3 Å². The molecule has 0 aliphatic carbocycles. The molecule has 0 saturated carbocycles. The predicted molar refractivity (Wildman–Crippen MR) is 63.9 cm³/mol. The molecule has 6 heteroatoms. The summed E-state index contributed by atoms with van der Waals surface area (Å²) in [5.74, 6) is 0.363. The first-order valence-corrected chi connectivity index (χ1v) is 5.27. The van der Waals surface area contributed by atoms with Crippen LogP contribution in [0.2, 0.25) is 0 Å². The van der Waals surface area contributed by atoms with Crippen molar-refractivity contribution in [3.05, 3.63) is 0 Å². The van der Waals surface area contributed by atoms with E-state index in [1.807, 2.05) is 4.90 Å². The SMILES string of the molecule is COCCN(CCOC)C(=O)C1CNC1.Cl. The van der Waals surface area contributed by atoms with Gasteiger partial charge in [-0.2, -0.15) is 0 Å². The molecular formula is C10H21ClN2O3. The number of hydrogen-bond donors (Lipinski definition) is 1.